The van der Waals surface area contributed by atoms with E-state index in [-0.39, 0.29) is 0 Å². The number of allylic oxidation sites excluding steroid dienone is 4. The standard InChI is InChI=1S/C27H46N5.CH4S/c1-29(2)18-10-20-32(7,8)19-9-17-28-27-22-26(31(5)6)16-13-24(27)21-23-11-14-25(15-12-23)30(3)4;1-2/h11,13-16,21-22,28H,9-10,12,17-20H2,1-8H3;2H,1H3/q+1;/p+1/b23-21-;. The number of thiol groups is 1. The number of quaternary nitrogens is 2. The summed E-state index contributed by atoms with van der Waals surface area (Å²) in [7, 11) is 17.5. The minimum absolute atomic E-state index is 0.984. The Labute approximate surface area is 215 Å². The second kappa shape index (κ2) is 15.3. The average Bonchev–Trinajstić information content (AvgIpc) is 2.78. The molecule has 0 amide bonds. The predicted octanol–water partition coefficient (Wildman–Crippen LogP) is 3.70. The highest BCUT2D eigenvalue weighted by Crippen LogP contribution is 2.25. The van der Waals surface area contributed by atoms with Gasteiger partial charge in [-0.3, -0.25) is 0 Å². The van der Waals surface area contributed by atoms with Crippen molar-refractivity contribution in [1.82, 2.24) is 9.80 Å². The second-order valence-corrected chi connectivity index (χ2v) is 10.4. The predicted molar refractivity (Wildman–Crippen MR) is 155 cm³/mol. The normalized spacial score (nSPS) is 14.7. The number of hydrogen-bond acceptors (Lipinski definition) is 4. The van der Waals surface area contributed by atoms with Gasteiger partial charge in [-0.05, 0) is 56.6 Å². The van der Waals surface area contributed by atoms with Gasteiger partial charge in [0, 0.05) is 70.6 Å². The number of benzene rings is 1. The Hall–Kier alpha value is -1.73. The smallest absolute Gasteiger partial charge is 0.138 e. The van der Waals surface area contributed by atoms with Gasteiger partial charge in [-0.25, -0.2) is 0 Å². The molecule has 0 aliphatic heterocycles. The van der Waals surface area contributed by atoms with Crippen molar-refractivity contribution < 1.29 is 9.80 Å². The van der Waals surface area contributed by atoms with E-state index in [9.17, 15) is 0 Å². The van der Waals surface area contributed by atoms with Crippen LogP contribution < -0.4 is 10.2 Å². The summed E-state index contributed by atoms with van der Waals surface area (Å²) in [5.74, 6) is 0. The molecule has 6 heteroatoms. The summed E-state index contributed by atoms with van der Waals surface area (Å²) in [6.45, 7) is 4.74. The molecule has 0 unspecified atom stereocenters. The third-order valence-electron chi connectivity index (χ3n) is 6.16. The highest BCUT2D eigenvalue weighted by molar-refractivity contribution is 7.79. The molecule has 0 aromatic heterocycles. The van der Waals surface area contributed by atoms with E-state index in [0.717, 1.165) is 17.4 Å². The van der Waals surface area contributed by atoms with Crippen molar-refractivity contribution in [1.29, 1.82) is 0 Å². The zero-order chi connectivity index (χ0) is 25.7. The summed E-state index contributed by atoms with van der Waals surface area (Å²) in [5.41, 5.74) is 6.56. The minimum Gasteiger partial charge on any atom is -0.378 e. The third-order valence-corrected chi connectivity index (χ3v) is 6.16. The van der Waals surface area contributed by atoms with E-state index in [0.29, 0.717) is 0 Å². The van der Waals surface area contributed by atoms with Crippen LogP contribution in [-0.2, 0) is 0 Å². The number of nitrogens with zero attached hydrogens (tertiary/aromatic N) is 4. The van der Waals surface area contributed by atoms with E-state index in [1.54, 1.807) is 6.26 Å². The van der Waals surface area contributed by atoms with Gasteiger partial charge in [0.2, 0.25) is 0 Å². The molecule has 0 atom stereocenters. The highest BCUT2D eigenvalue weighted by atomic mass is 32.1. The van der Waals surface area contributed by atoms with Crippen LogP contribution in [0, 0.1) is 0 Å². The van der Waals surface area contributed by atoms with Gasteiger partial charge < -0.3 is 24.5 Å². The van der Waals surface area contributed by atoms with Crippen molar-refractivity contribution in [2.45, 2.75) is 19.3 Å². The minimum atomic E-state index is 0.984. The molecular weight excluding hydrogens is 438 g/mol. The monoisotopic (exact) mass is 489 g/mol. The largest absolute Gasteiger partial charge is 0.378 e. The molecular formula is C28H51N5S+2. The summed E-state index contributed by atoms with van der Waals surface area (Å²) in [6.07, 6.45) is 14.3. The van der Waals surface area contributed by atoms with Crippen LogP contribution in [-0.4, -0.2) is 103 Å². The fourth-order valence-corrected chi connectivity index (χ4v) is 4.04. The molecule has 1 aliphatic rings. The molecule has 0 fully saturated rings. The molecule has 0 radical (unpaired) electrons. The van der Waals surface area contributed by atoms with E-state index in [1.165, 1.54) is 60.7 Å². The highest BCUT2D eigenvalue weighted by Gasteiger charge is 2.16. The first-order chi connectivity index (χ1) is 16.1. The Bertz CT molecular complexity index is 822. The fraction of sp³-hybridized carbons (Fsp3) is 0.571. The first-order valence-electron chi connectivity index (χ1n) is 12.4. The van der Waals surface area contributed by atoms with Gasteiger partial charge in [0.1, 0.15) is 5.69 Å². The molecule has 192 valence electrons. The maximum atomic E-state index is 3.53. The van der Waals surface area contributed by atoms with Gasteiger partial charge in [0.05, 0.1) is 33.7 Å². The maximum absolute atomic E-state index is 3.53. The van der Waals surface area contributed by atoms with E-state index in [1.807, 2.05) is 0 Å². The van der Waals surface area contributed by atoms with Gasteiger partial charge >= 0.3 is 0 Å². The molecule has 0 saturated carbocycles. The molecule has 5 nitrogen and oxygen atoms in total. The molecule has 34 heavy (non-hydrogen) atoms. The number of hydrogen-bond donors (Lipinski definition) is 2. The molecule has 1 aromatic carbocycles. The lowest BCUT2D eigenvalue weighted by molar-refractivity contribution is -0.891. The number of likely N-dealkylation sites (N-methyl/N-ethyl adjacent to an activating group) is 1. The Morgan fingerprint density at radius 1 is 0.941 bits per heavy atom. The molecule has 0 bridgehead atoms. The second-order valence-electron chi connectivity index (χ2n) is 10.4. The van der Waals surface area contributed by atoms with Gasteiger partial charge in [-0.2, -0.15) is 12.6 Å². The summed E-state index contributed by atoms with van der Waals surface area (Å²) < 4.78 is 1.10. The van der Waals surface area contributed by atoms with Crippen LogP contribution in [0.4, 0.5) is 11.4 Å². The van der Waals surface area contributed by atoms with E-state index in [2.05, 4.69) is 132 Å². The van der Waals surface area contributed by atoms with Crippen molar-refractivity contribution >= 4 is 30.1 Å². The fourth-order valence-electron chi connectivity index (χ4n) is 4.04. The molecule has 0 heterocycles. The van der Waals surface area contributed by atoms with Crippen molar-refractivity contribution in [2.24, 2.45) is 0 Å². The van der Waals surface area contributed by atoms with Gasteiger partial charge in [0.25, 0.3) is 0 Å². The van der Waals surface area contributed by atoms with Crippen LogP contribution in [0.15, 0.2) is 47.7 Å². The third kappa shape index (κ3) is 11.1. The first kappa shape index (κ1) is 30.3. The van der Waals surface area contributed by atoms with Crippen LogP contribution >= 0.6 is 12.6 Å². The van der Waals surface area contributed by atoms with Crippen molar-refractivity contribution in [3.63, 3.8) is 0 Å². The summed E-state index contributed by atoms with van der Waals surface area (Å²) in [6, 6.07) is 6.83. The first-order valence-corrected chi connectivity index (χ1v) is 13.3. The summed E-state index contributed by atoms with van der Waals surface area (Å²) in [5, 5.41) is 2.44. The Kier molecular flexibility index (Phi) is 13.6. The molecule has 1 aliphatic carbocycles. The van der Waals surface area contributed by atoms with E-state index >= 15 is 0 Å². The van der Waals surface area contributed by atoms with Crippen molar-refractivity contribution in [3.8, 4) is 0 Å². The Morgan fingerprint density at radius 3 is 2.18 bits per heavy atom. The summed E-state index contributed by atoms with van der Waals surface area (Å²) >= 11 is 3.53. The number of rotatable bonds is 12. The van der Waals surface area contributed by atoms with Crippen LogP contribution in [0.1, 0.15) is 24.8 Å². The van der Waals surface area contributed by atoms with Crippen molar-refractivity contribution in [2.75, 3.05) is 93.7 Å². The molecule has 2 rings (SSSR count). The van der Waals surface area contributed by atoms with E-state index in [4.69, 9.17) is 0 Å². The Balaban J connectivity index is 0.00000281. The SMILES string of the molecule is CN(C)CCC[N+](C)(C)CCC[NH2+]c1cc(N(C)C)ccc1/C=C1/C=CC(N(C)C)=CC1.CS. The molecule has 1 aromatic rings. The van der Waals surface area contributed by atoms with Crippen LogP contribution in [0.3, 0.4) is 0 Å². The van der Waals surface area contributed by atoms with Crippen LogP contribution in [0.5, 0.6) is 0 Å². The maximum Gasteiger partial charge on any atom is 0.138 e. The van der Waals surface area contributed by atoms with Gasteiger partial charge in [-0.15, -0.1) is 0 Å². The Morgan fingerprint density at radius 2 is 1.62 bits per heavy atom. The lowest BCUT2D eigenvalue weighted by Crippen LogP contribution is -2.78. The average molecular weight is 490 g/mol. The quantitative estimate of drug-likeness (QED) is 0.203. The van der Waals surface area contributed by atoms with Gasteiger partial charge in [0.15, 0.2) is 0 Å². The number of anilines is 1. The zero-order valence-corrected chi connectivity index (χ0v) is 24.2. The van der Waals surface area contributed by atoms with E-state index < -0.39 is 0 Å². The number of nitrogens with two attached hydrogens (primary N) is 1. The van der Waals surface area contributed by atoms with Crippen LogP contribution in [0.2, 0.25) is 0 Å². The summed E-state index contributed by atoms with van der Waals surface area (Å²) in [4.78, 5) is 6.63. The van der Waals surface area contributed by atoms with Gasteiger partial charge in [-0.1, -0.05) is 12.2 Å². The lowest BCUT2D eigenvalue weighted by atomic mass is 10.0. The molecule has 2 N–H and O–H groups in total. The lowest BCUT2D eigenvalue weighted by Gasteiger charge is -2.30. The molecule has 0 saturated heterocycles. The van der Waals surface area contributed by atoms with Crippen molar-refractivity contribution in [3.05, 3.63) is 53.3 Å². The molecule has 0 spiro atoms. The van der Waals surface area contributed by atoms with Crippen LogP contribution in [0.25, 0.3) is 6.08 Å². The topological polar surface area (TPSA) is 26.3 Å². The zero-order valence-electron chi connectivity index (χ0n) is 23.3.